The third kappa shape index (κ3) is 5.68. The molecule has 0 aliphatic heterocycles. The monoisotopic (exact) mass is 525 g/mol. The van der Waals surface area contributed by atoms with Gasteiger partial charge in [-0.3, -0.25) is 4.79 Å². The van der Waals surface area contributed by atoms with Gasteiger partial charge in [0.25, 0.3) is 5.91 Å². The normalized spacial score (nSPS) is 11.8. The lowest BCUT2D eigenvalue weighted by Crippen LogP contribution is -2.42. The van der Waals surface area contributed by atoms with Crippen molar-refractivity contribution in [2.75, 3.05) is 0 Å². The zero-order valence-electron chi connectivity index (χ0n) is 20.2. The minimum absolute atomic E-state index is 0.0532. The molecule has 5 rings (SSSR count). The number of halogens is 1. The zero-order valence-corrected chi connectivity index (χ0v) is 21.0. The van der Waals surface area contributed by atoms with Crippen molar-refractivity contribution in [1.29, 1.82) is 0 Å². The van der Waals surface area contributed by atoms with Crippen LogP contribution in [0.15, 0.2) is 97.3 Å². The van der Waals surface area contributed by atoms with Crippen LogP contribution in [0.1, 0.15) is 27.2 Å². The molecule has 0 spiro atoms. The number of hydrogen-bond acceptors (Lipinski definition) is 4. The minimum Gasteiger partial charge on any atom is -0.508 e. The van der Waals surface area contributed by atoms with E-state index in [1.165, 1.54) is 6.07 Å². The predicted octanol–water partition coefficient (Wildman–Crippen LogP) is 5.38. The van der Waals surface area contributed by atoms with Crippen molar-refractivity contribution in [3.05, 3.63) is 125 Å². The van der Waals surface area contributed by atoms with E-state index in [9.17, 15) is 19.8 Å². The number of nitrogens with zero attached hydrogens (tertiary/aromatic N) is 2. The molecule has 0 radical (unpaired) electrons. The molecule has 3 aromatic carbocycles. The number of nitrogens with one attached hydrogen (secondary N) is 1. The summed E-state index contributed by atoms with van der Waals surface area (Å²) in [5, 5.41) is 23.2. The summed E-state index contributed by atoms with van der Waals surface area (Å²) in [5.41, 5.74) is 5.09. The third-order valence-corrected chi connectivity index (χ3v) is 6.57. The number of aromatic hydroxyl groups is 1. The second-order valence-corrected chi connectivity index (χ2v) is 9.44. The molecule has 3 N–H and O–H groups in total. The molecule has 0 bridgehead atoms. The first kappa shape index (κ1) is 25.0. The number of aliphatic carboxylic acids is 1. The number of hydrogen-bond donors (Lipinski definition) is 3. The van der Waals surface area contributed by atoms with Gasteiger partial charge < -0.3 is 19.9 Å². The lowest BCUT2D eigenvalue weighted by molar-refractivity contribution is -0.139. The maximum absolute atomic E-state index is 13.0. The fourth-order valence-electron chi connectivity index (χ4n) is 4.36. The van der Waals surface area contributed by atoms with Crippen molar-refractivity contribution < 1.29 is 19.8 Å². The van der Waals surface area contributed by atoms with Crippen molar-refractivity contribution in [1.82, 2.24) is 14.7 Å². The third-order valence-electron chi connectivity index (χ3n) is 6.32. The van der Waals surface area contributed by atoms with Crippen molar-refractivity contribution in [2.45, 2.75) is 18.9 Å². The maximum atomic E-state index is 13.0. The van der Waals surface area contributed by atoms with Gasteiger partial charge in [-0.2, -0.15) is 0 Å². The van der Waals surface area contributed by atoms with Crippen LogP contribution in [-0.2, 0) is 17.6 Å². The van der Waals surface area contributed by atoms with E-state index in [0.29, 0.717) is 17.1 Å². The van der Waals surface area contributed by atoms with E-state index in [-0.39, 0.29) is 17.9 Å². The molecule has 0 fully saturated rings. The van der Waals surface area contributed by atoms with Gasteiger partial charge in [0.1, 0.15) is 23.1 Å². The predicted molar refractivity (Wildman–Crippen MR) is 146 cm³/mol. The van der Waals surface area contributed by atoms with E-state index in [1.807, 2.05) is 54.7 Å². The van der Waals surface area contributed by atoms with Crippen LogP contribution in [0.2, 0.25) is 5.02 Å². The summed E-state index contributed by atoms with van der Waals surface area (Å²) in [6.45, 7) is 0. The molecule has 0 saturated heterocycles. The largest absolute Gasteiger partial charge is 0.508 e. The van der Waals surface area contributed by atoms with Crippen molar-refractivity contribution in [2.24, 2.45) is 0 Å². The van der Waals surface area contributed by atoms with Crippen LogP contribution in [0.3, 0.4) is 0 Å². The number of pyridine rings is 1. The van der Waals surface area contributed by atoms with Crippen LogP contribution in [0.5, 0.6) is 5.75 Å². The number of aromatic nitrogens is 2. The molecule has 2 heterocycles. The van der Waals surface area contributed by atoms with Gasteiger partial charge in [0, 0.05) is 23.8 Å². The summed E-state index contributed by atoms with van der Waals surface area (Å²) in [6.07, 6.45) is 4.00. The van der Waals surface area contributed by atoms with E-state index in [0.717, 1.165) is 27.8 Å². The van der Waals surface area contributed by atoms with Gasteiger partial charge in [-0.1, -0.05) is 60.1 Å². The highest BCUT2D eigenvalue weighted by Gasteiger charge is 2.24. The molecule has 0 aliphatic carbocycles. The SMILES string of the molecule is O=C(N[C@@H](Cc1ccc(O)cc1Cc1ccccc1)C(=O)O)c1cn2cc(-c3ccc(Cl)cc3)ccc2n1. The molecule has 1 amide bonds. The number of imidazole rings is 1. The van der Waals surface area contributed by atoms with Crippen LogP contribution in [0.4, 0.5) is 0 Å². The minimum atomic E-state index is -1.18. The molecule has 0 saturated carbocycles. The smallest absolute Gasteiger partial charge is 0.326 e. The van der Waals surface area contributed by atoms with E-state index >= 15 is 0 Å². The van der Waals surface area contributed by atoms with Crippen LogP contribution in [0, 0.1) is 0 Å². The van der Waals surface area contributed by atoms with E-state index in [2.05, 4.69) is 10.3 Å². The fourth-order valence-corrected chi connectivity index (χ4v) is 4.48. The van der Waals surface area contributed by atoms with Crippen LogP contribution in [0.25, 0.3) is 16.8 Å². The summed E-state index contributed by atoms with van der Waals surface area (Å²) >= 11 is 5.99. The lowest BCUT2D eigenvalue weighted by Gasteiger charge is -2.17. The first-order valence-electron chi connectivity index (χ1n) is 12.0. The van der Waals surface area contributed by atoms with Gasteiger partial charge in [0.15, 0.2) is 0 Å². The number of phenolic OH excluding ortho intramolecular Hbond substituents is 1. The number of carbonyl (C=O) groups is 2. The molecular formula is C30H24ClN3O4. The fraction of sp³-hybridized carbons (Fsp3) is 0.100. The van der Waals surface area contributed by atoms with Crippen molar-refractivity contribution >= 4 is 29.1 Å². The number of carboxylic acid groups (broad SMARTS) is 1. The van der Waals surface area contributed by atoms with Crippen LogP contribution < -0.4 is 5.32 Å². The van der Waals surface area contributed by atoms with Gasteiger partial charge in [-0.05, 0) is 70.6 Å². The van der Waals surface area contributed by atoms with Gasteiger partial charge in [0.2, 0.25) is 0 Å². The van der Waals surface area contributed by atoms with E-state index in [4.69, 9.17) is 11.6 Å². The molecule has 2 aromatic heterocycles. The van der Waals surface area contributed by atoms with Crippen LogP contribution >= 0.6 is 11.6 Å². The average Bonchev–Trinajstić information content (AvgIpc) is 3.34. The Morgan fingerprint density at radius 1 is 0.895 bits per heavy atom. The Bertz CT molecular complexity index is 1610. The number of phenols is 1. The number of carbonyl (C=O) groups excluding carboxylic acids is 1. The Labute approximate surface area is 224 Å². The van der Waals surface area contributed by atoms with Gasteiger partial charge in [-0.25, -0.2) is 9.78 Å². The number of benzene rings is 3. The zero-order chi connectivity index (χ0) is 26.6. The van der Waals surface area contributed by atoms with E-state index in [1.54, 1.807) is 40.9 Å². The summed E-state index contributed by atoms with van der Waals surface area (Å²) in [7, 11) is 0. The summed E-state index contributed by atoms with van der Waals surface area (Å²) in [5.74, 6) is -1.65. The molecule has 0 aliphatic rings. The Morgan fingerprint density at radius 2 is 1.63 bits per heavy atom. The number of carboxylic acids is 1. The van der Waals surface area contributed by atoms with Crippen molar-refractivity contribution in [3.63, 3.8) is 0 Å². The Hall–Kier alpha value is -4.62. The maximum Gasteiger partial charge on any atom is 0.326 e. The summed E-state index contributed by atoms with van der Waals surface area (Å²) in [6, 6.07) is 24.5. The molecule has 1 atom stereocenters. The molecule has 5 aromatic rings. The lowest BCUT2D eigenvalue weighted by atomic mass is 9.95. The Morgan fingerprint density at radius 3 is 2.37 bits per heavy atom. The highest BCUT2D eigenvalue weighted by Crippen LogP contribution is 2.23. The Balaban J connectivity index is 1.35. The highest BCUT2D eigenvalue weighted by atomic mass is 35.5. The molecular weight excluding hydrogens is 502 g/mol. The first-order valence-corrected chi connectivity index (χ1v) is 12.4. The number of rotatable bonds is 8. The second-order valence-electron chi connectivity index (χ2n) is 9.00. The number of fused-ring (bicyclic) bond motifs is 1. The average molecular weight is 526 g/mol. The second kappa shape index (κ2) is 10.8. The molecule has 7 nitrogen and oxygen atoms in total. The molecule has 8 heteroatoms. The Kier molecular flexibility index (Phi) is 7.11. The standard InChI is InChI=1S/C30H24ClN3O4/c31-24-10-6-20(7-11-24)22-9-13-28-32-27(18-34(28)17-22)29(36)33-26(30(37)38)16-21-8-12-25(35)15-23(21)14-19-4-2-1-3-5-19/h1-13,15,17-18,26,35H,14,16H2,(H,33,36)(H,37,38)/t26-/m0/s1. The highest BCUT2D eigenvalue weighted by molar-refractivity contribution is 6.30. The van der Waals surface area contributed by atoms with Gasteiger partial charge >= 0.3 is 5.97 Å². The summed E-state index contributed by atoms with van der Waals surface area (Å²) < 4.78 is 1.73. The van der Waals surface area contributed by atoms with E-state index < -0.39 is 17.9 Å². The molecule has 38 heavy (non-hydrogen) atoms. The van der Waals surface area contributed by atoms with Crippen molar-refractivity contribution in [3.8, 4) is 16.9 Å². The van der Waals surface area contributed by atoms with Crippen LogP contribution in [-0.4, -0.2) is 37.5 Å². The first-order chi connectivity index (χ1) is 18.4. The summed E-state index contributed by atoms with van der Waals surface area (Å²) in [4.78, 5) is 29.5. The molecule has 190 valence electrons. The quantitative estimate of drug-likeness (QED) is 0.252. The van der Waals surface area contributed by atoms with Gasteiger partial charge in [0.05, 0.1) is 0 Å². The van der Waals surface area contributed by atoms with Gasteiger partial charge in [-0.15, -0.1) is 0 Å². The topological polar surface area (TPSA) is 104 Å². The molecule has 0 unspecified atom stereocenters. The number of amides is 1.